The predicted molar refractivity (Wildman–Crippen MR) is 43.9 cm³/mol. The highest BCUT2D eigenvalue weighted by Crippen LogP contribution is 2.25. The van der Waals surface area contributed by atoms with E-state index in [0.29, 0.717) is 13.2 Å². The van der Waals surface area contributed by atoms with Crippen LogP contribution in [0.5, 0.6) is 0 Å². The van der Waals surface area contributed by atoms with E-state index in [9.17, 15) is 0 Å². The summed E-state index contributed by atoms with van der Waals surface area (Å²) in [4.78, 5) is 0. The standard InChI is InChI=1S/C9H14O3/c10-6-7-1-2-8-9(5-7)12-4-3-11-8/h1,8-10H,2-6H2/t8-,9?/m1/s1. The molecule has 0 spiro atoms. The summed E-state index contributed by atoms with van der Waals surface area (Å²) in [6.07, 6.45) is 4.21. The summed E-state index contributed by atoms with van der Waals surface area (Å²) < 4.78 is 11.1. The average Bonchev–Trinajstić information content (AvgIpc) is 2.17. The highest BCUT2D eigenvalue weighted by molar-refractivity contribution is 5.10. The zero-order chi connectivity index (χ0) is 8.39. The van der Waals surface area contributed by atoms with Gasteiger partial charge in [0.15, 0.2) is 0 Å². The number of rotatable bonds is 1. The van der Waals surface area contributed by atoms with E-state index in [4.69, 9.17) is 14.6 Å². The van der Waals surface area contributed by atoms with Crippen molar-refractivity contribution >= 4 is 0 Å². The Kier molecular flexibility index (Phi) is 2.44. The molecule has 0 saturated carbocycles. The minimum Gasteiger partial charge on any atom is -0.392 e. The van der Waals surface area contributed by atoms with Gasteiger partial charge in [-0.25, -0.2) is 0 Å². The molecule has 0 aromatic rings. The van der Waals surface area contributed by atoms with Crippen LogP contribution in [0.2, 0.25) is 0 Å². The summed E-state index contributed by atoms with van der Waals surface area (Å²) in [5, 5.41) is 8.92. The minimum absolute atomic E-state index is 0.159. The van der Waals surface area contributed by atoms with Crippen molar-refractivity contribution in [2.24, 2.45) is 0 Å². The molecule has 68 valence electrons. The van der Waals surface area contributed by atoms with Crippen molar-refractivity contribution in [3.8, 4) is 0 Å². The smallest absolute Gasteiger partial charge is 0.0878 e. The molecule has 0 aromatic carbocycles. The van der Waals surface area contributed by atoms with Crippen LogP contribution in [0.3, 0.4) is 0 Å². The molecule has 0 amide bonds. The molecular formula is C9H14O3. The second-order valence-corrected chi connectivity index (χ2v) is 3.28. The lowest BCUT2D eigenvalue weighted by atomic mass is 9.94. The summed E-state index contributed by atoms with van der Waals surface area (Å²) in [7, 11) is 0. The molecule has 1 heterocycles. The third-order valence-corrected chi connectivity index (χ3v) is 2.47. The zero-order valence-electron chi connectivity index (χ0n) is 7.03. The van der Waals surface area contributed by atoms with E-state index in [2.05, 4.69) is 6.08 Å². The van der Waals surface area contributed by atoms with E-state index in [1.165, 1.54) is 0 Å². The first-order chi connectivity index (χ1) is 5.90. The van der Waals surface area contributed by atoms with E-state index in [1.54, 1.807) is 0 Å². The molecule has 2 atom stereocenters. The molecule has 2 aliphatic rings. The molecule has 0 radical (unpaired) electrons. The second kappa shape index (κ2) is 3.56. The number of hydrogen-bond donors (Lipinski definition) is 1. The van der Waals surface area contributed by atoms with Gasteiger partial charge in [0, 0.05) is 0 Å². The van der Waals surface area contributed by atoms with Crippen molar-refractivity contribution in [3.05, 3.63) is 11.6 Å². The maximum Gasteiger partial charge on any atom is 0.0878 e. The van der Waals surface area contributed by atoms with Crippen molar-refractivity contribution in [1.29, 1.82) is 0 Å². The summed E-state index contributed by atoms with van der Waals surface area (Å²) >= 11 is 0. The van der Waals surface area contributed by atoms with Crippen LogP contribution in [0, 0.1) is 0 Å². The average molecular weight is 170 g/mol. The Morgan fingerprint density at radius 1 is 1.33 bits per heavy atom. The Labute approximate surface area is 72.0 Å². The SMILES string of the molecule is OCC1=CC[C@H]2OCCOC2C1. The fourth-order valence-corrected chi connectivity index (χ4v) is 1.78. The molecule has 1 fully saturated rings. The molecule has 1 aliphatic carbocycles. The van der Waals surface area contributed by atoms with Gasteiger partial charge in [0.05, 0.1) is 32.0 Å². The number of hydrogen-bond acceptors (Lipinski definition) is 3. The van der Waals surface area contributed by atoms with E-state index >= 15 is 0 Å². The Bertz CT molecular complexity index is 188. The molecule has 12 heavy (non-hydrogen) atoms. The van der Waals surface area contributed by atoms with Gasteiger partial charge in [-0.15, -0.1) is 0 Å². The largest absolute Gasteiger partial charge is 0.392 e. The van der Waals surface area contributed by atoms with E-state index < -0.39 is 0 Å². The summed E-state index contributed by atoms with van der Waals surface area (Å²) in [5.74, 6) is 0. The third-order valence-electron chi connectivity index (χ3n) is 2.47. The van der Waals surface area contributed by atoms with Gasteiger partial charge in [0.1, 0.15) is 0 Å². The molecule has 1 unspecified atom stereocenters. The lowest BCUT2D eigenvalue weighted by Crippen LogP contribution is -2.40. The Balaban J connectivity index is 2.00. The van der Waals surface area contributed by atoms with Crippen LogP contribution in [-0.4, -0.2) is 37.1 Å². The van der Waals surface area contributed by atoms with Gasteiger partial charge >= 0.3 is 0 Å². The van der Waals surface area contributed by atoms with Crippen molar-refractivity contribution in [2.75, 3.05) is 19.8 Å². The van der Waals surface area contributed by atoms with Crippen LogP contribution in [0.15, 0.2) is 11.6 Å². The lowest BCUT2D eigenvalue weighted by Gasteiger charge is -2.34. The second-order valence-electron chi connectivity index (χ2n) is 3.28. The van der Waals surface area contributed by atoms with Crippen LogP contribution in [0.4, 0.5) is 0 Å². The maximum atomic E-state index is 8.92. The Morgan fingerprint density at radius 3 is 2.83 bits per heavy atom. The van der Waals surface area contributed by atoms with Gasteiger partial charge in [-0.1, -0.05) is 6.08 Å². The first-order valence-electron chi connectivity index (χ1n) is 4.42. The molecule has 3 nitrogen and oxygen atoms in total. The van der Waals surface area contributed by atoms with E-state index in [1.807, 2.05) is 0 Å². The number of aliphatic hydroxyl groups is 1. The molecular weight excluding hydrogens is 156 g/mol. The molecule has 3 heteroatoms. The van der Waals surface area contributed by atoms with Gasteiger partial charge < -0.3 is 14.6 Å². The Hall–Kier alpha value is -0.380. The summed E-state index contributed by atoms with van der Waals surface area (Å²) in [6.45, 7) is 1.57. The van der Waals surface area contributed by atoms with Gasteiger partial charge in [-0.3, -0.25) is 0 Å². The third kappa shape index (κ3) is 1.53. The highest BCUT2D eigenvalue weighted by atomic mass is 16.6. The van der Waals surface area contributed by atoms with Crippen molar-refractivity contribution < 1.29 is 14.6 Å². The number of ether oxygens (including phenoxy) is 2. The first-order valence-corrected chi connectivity index (χ1v) is 4.42. The fraction of sp³-hybridized carbons (Fsp3) is 0.778. The summed E-state index contributed by atoms with van der Waals surface area (Å²) in [5.41, 5.74) is 1.08. The maximum absolute atomic E-state index is 8.92. The Morgan fingerprint density at radius 2 is 2.08 bits per heavy atom. The molecule has 0 bridgehead atoms. The molecule has 1 aliphatic heterocycles. The zero-order valence-corrected chi connectivity index (χ0v) is 7.03. The van der Waals surface area contributed by atoms with Crippen molar-refractivity contribution in [3.63, 3.8) is 0 Å². The van der Waals surface area contributed by atoms with Crippen molar-refractivity contribution in [1.82, 2.24) is 0 Å². The monoisotopic (exact) mass is 170 g/mol. The highest BCUT2D eigenvalue weighted by Gasteiger charge is 2.29. The van der Waals surface area contributed by atoms with E-state index in [-0.39, 0.29) is 18.8 Å². The molecule has 2 rings (SSSR count). The number of aliphatic hydroxyl groups excluding tert-OH is 1. The lowest BCUT2D eigenvalue weighted by molar-refractivity contribution is -0.140. The van der Waals surface area contributed by atoms with Crippen LogP contribution in [0.1, 0.15) is 12.8 Å². The van der Waals surface area contributed by atoms with Crippen LogP contribution >= 0.6 is 0 Å². The molecule has 1 N–H and O–H groups in total. The molecule has 1 saturated heterocycles. The predicted octanol–water partition coefficient (Wildman–Crippen LogP) is 0.483. The molecule has 0 aromatic heterocycles. The van der Waals surface area contributed by atoms with E-state index in [0.717, 1.165) is 18.4 Å². The van der Waals surface area contributed by atoms with Crippen molar-refractivity contribution in [2.45, 2.75) is 25.0 Å². The van der Waals surface area contributed by atoms with Gasteiger partial charge in [0.2, 0.25) is 0 Å². The van der Waals surface area contributed by atoms with Crippen LogP contribution in [0.25, 0.3) is 0 Å². The topological polar surface area (TPSA) is 38.7 Å². The first kappa shape index (κ1) is 8.23. The minimum atomic E-state index is 0.159. The quantitative estimate of drug-likeness (QED) is 0.582. The van der Waals surface area contributed by atoms with Gasteiger partial charge in [-0.2, -0.15) is 0 Å². The van der Waals surface area contributed by atoms with Crippen LogP contribution in [-0.2, 0) is 9.47 Å². The van der Waals surface area contributed by atoms with Gasteiger partial charge in [-0.05, 0) is 18.4 Å². The van der Waals surface area contributed by atoms with Crippen LogP contribution < -0.4 is 0 Å². The number of fused-ring (bicyclic) bond motifs is 1. The normalized spacial score (nSPS) is 35.6. The fourth-order valence-electron chi connectivity index (χ4n) is 1.78. The van der Waals surface area contributed by atoms with Gasteiger partial charge in [0.25, 0.3) is 0 Å². The summed E-state index contributed by atoms with van der Waals surface area (Å²) in [6, 6.07) is 0.